The highest BCUT2D eigenvalue weighted by Gasteiger charge is 2.21. The number of aryl methyl sites for hydroxylation is 2. The summed E-state index contributed by atoms with van der Waals surface area (Å²) in [7, 11) is 3.70. The Balaban J connectivity index is 1.61. The van der Waals surface area contributed by atoms with Gasteiger partial charge in [0.25, 0.3) is 0 Å². The van der Waals surface area contributed by atoms with Crippen LogP contribution in [0.2, 0.25) is 5.02 Å². The molecule has 10 heteroatoms. The van der Waals surface area contributed by atoms with Crippen LogP contribution in [0, 0.1) is 13.8 Å². The molecule has 1 aromatic carbocycles. The molecule has 154 valence electrons. The lowest BCUT2D eigenvalue weighted by Crippen LogP contribution is -2.23. The van der Waals surface area contributed by atoms with Gasteiger partial charge in [0, 0.05) is 19.1 Å². The number of anilines is 1. The molecule has 0 radical (unpaired) electrons. The van der Waals surface area contributed by atoms with Crippen LogP contribution in [0.15, 0.2) is 29.4 Å². The van der Waals surface area contributed by atoms with Gasteiger partial charge in [0.15, 0.2) is 11.0 Å². The van der Waals surface area contributed by atoms with Crippen molar-refractivity contribution in [2.45, 2.75) is 37.8 Å². The van der Waals surface area contributed by atoms with Crippen LogP contribution in [-0.4, -0.2) is 35.7 Å². The smallest absolute Gasteiger partial charge is 0.237 e. The molecule has 0 aliphatic rings. The number of benzene rings is 1. The number of thioether (sulfide) groups is 1. The van der Waals surface area contributed by atoms with Crippen molar-refractivity contribution in [1.82, 2.24) is 24.5 Å². The molecule has 3 rings (SSSR count). The molecule has 1 atom stereocenters. The van der Waals surface area contributed by atoms with Crippen LogP contribution in [0.25, 0.3) is 0 Å². The number of carbonyl (C=O) groups excluding carboxylic acids is 1. The Morgan fingerprint density at radius 3 is 2.55 bits per heavy atom. The van der Waals surface area contributed by atoms with Crippen molar-refractivity contribution in [2.75, 3.05) is 5.32 Å². The Labute approximate surface area is 178 Å². The van der Waals surface area contributed by atoms with Crippen molar-refractivity contribution in [1.29, 1.82) is 0 Å². The first-order chi connectivity index (χ1) is 13.8. The fourth-order valence-electron chi connectivity index (χ4n) is 2.64. The second-order valence-corrected chi connectivity index (χ2v) is 8.36. The van der Waals surface area contributed by atoms with Crippen molar-refractivity contribution >= 4 is 35.0 Å². The van der Waals surface area contributed by atoms with Gasteiger partial charge in [-0.15, -0.1) is 10.2 Å². The van der Waals surface area contributed by atoms with Crippen LogP contribution in [0.4, 0.5) is 5.69 Å². The maximum atomic E-state index is 12.6. The molecule has 29 heavy (non-hydrogen) atoms. The second kappa shape index (κ2) is 8.87. The van der Waals surface area contributed by atoms with E-state index >= 15 is 0 Å². The summed E-state index contributed by atoms with van der Waals surface area (Å²) >= 11 is 7.22. The summed E-state index contributed by atoms with van der Waals surface area (Å²) in [5.41, 5.74) is 2.45. The van der Waals surface area contributed by atoms with Gasteiger partial charge in [-0.25, -0.2) is 0 Å². The van der Waals surface area contributed by atoms with Crippen LogP contribution < -0.4 is 10.1 Å². The van der Waals surface area contributed by atoms with Gasteiger partial charge in [0.1, 0.15) is 12.4 Å². The number of halogens is 1. The van der Waals surface area contributed by atoms with Crippen LogP contribution in [0.5, 0.6) is 5.75 Å². The van der Waals surface area contributed by atoms with Gasteiger partial charge in [-0.3, -0.25) is 9.48 Å². The molecule has 0 fully saturated rings. The third-order valence-corrected chi connectivity index (χ3v) is 5.90. The number of hydrogen-bond acceptors (Lipinski definition) is 6. The quantitative estimate of drug-likeness (QED) is 0.572. The molecule has 1 unspecified atom stereocenters. The average molecular weight is 435 g/mol. The van der Waals surface area contributed by atoms with Crippen molar-refractivity contribution in [3.63, 3.8) is 0 Å². The molecular weight excluding hydrogens is 412 g/mol. The van der Waals surface area contributed by atoms with E-state index < -0.39 is 0 Å². The summed E-state index contributed by atoms with van der Waals surface area (Å²) in [5, 5.41) is 16.6. The number of rotatable bonds is 7. The van der Waals surface area contributed by atoms with E-state index in [4.69, 9.17) is 16.3 Å². The van der Waals surface area contributed by atoms with Gasteiger partial charge >= 0.3 is 0 Å². The monoisotopic (exact) mass is 434 g/mol. The molecule has 1 N–H and O–H groups in total. The van der Waals surface area contributed by atoms with Gasteiger partial charge in [-0.2, -0.15) is 5.10 Å². The van der Waals surface area contributed by atoms with Crippen LogP contribution in [-0.2, 0) is 25.5 Å². The summed E-state index contributed by atoms with van der Waals surface area (Å²) in [6.45, 7) is 5.89. The molecule has 1 amide bonds. The fourth-order valence-corrected chi connectivity index (χ4v) is 3.60. The van der Waals surface area contributed by atoms with E-state index in [0.717, 1.165) is 17.1 Å². The normalized spacial score (nSPS) is 12.1. The second-order valence-electron chi connectivity index (χ2n) is 6.62. The first-order valence-corrected chi connectivity index (χ1v) is 10.3. The minimum absolute atomic E-state index is 0.115. The lowest BCUT2D eigenvalue weighted by atomic mass is 10.3. The molecule has 0 spiro atoms. The number of amides is 1. The molecule has 8 nitrogen and oxygen atoms in total. The van der Waals surface area contributed by atoms with Gasteiger partial charge in [-0.05, 0) is 45.0 Å². The zero-order valence-corrected chi connectivity index (χ0v) is 18.5. The third kappa shape index (κ3) is 4.91. The number of aromatic nitrogens is 5. The molecule has 2 aromatic heterocycles. The predicted octanol–water partition coefficient (Wildman–Crippen LogP) is 3.52. The molecule has 0 bridgehead atoms. The lowest BCUT2D eigenvalue weighted by molar-refractivity contribution is -0.115. The van der Waals surface area contributed by atoms with E-state index in [2.05, 4.69) is 20.6 Å². The van der Waals surface area contributed by atoms with E-state index in [9.17, 15) is 4.79 Å². The first kappa shape index (κ1) is 21.2. The van der Waals surface area contributed by atoms with Crippen molar-refractivity contribution in [3.8, 4) is 5.75 Å². The number of nitrogens with zero attached hydrogens (tertiary/aromatic N) is 5. The summed E-state index contributed by atoms with van der Waals surface area (Å²) in [5.74, 6) is 1.24. The number of nitrogens with one attached hydrogen (secondary N) is 1. The van der Waals surface area contributed by atoms with Crippen LogP contribution >= 0.6 is 23.4 Å². The standard InChI is InChI=1S/C19H23ClN6O2S/c1-11-17(12(2)26(5)24-11)21-18(27)13(3)29-19-23-22-16(25(19)4)10-28-15-8-6-14(20)7-9-15/h6-9,13H,10H2,1-5H3,(H,21,27). The first-order valence-electron chi connectivity index (χ1n) is 9.00. The SMILES string of the molecule is Cc1nn(C)c(C)c1NC(=O)C(C)Sc1nnc(COc2ccc(Cl)cc2)n1C. The minimum Gasteiger partial charge on any atom is -0.486 e. The Bertz CT molecular complexity index is 1010. The summed E-state index contributed by atoms with van der Waals surface area (Å²) in [4.78, 5) is 12.6. The number of hydrogen-bond donors (Lipinski definition) is 1. The lowest BCUT2D eigenvalue weighted by Gasteiger charge is -2.12. The maximum absolute atomic E-state index is 12.6. The van der Waals surface area contributed by atoms with Gasteiger partial charge < -0.3 is 14.6 Å². The van der Waals surface area contributed by atoms with E-state index in [0.29, 0.717) is 21.8 Å². The van der Waals surface area contributed by atoms with E-state index in [1.165, 1.54) is 11.8 Å². The minimum atomic E-state index is -0.359. The summed E-state index contributed by atoms with van der Waals surface area (Å²) < 4.78 is 9.29. The molecule has 0 aliphatic carbocycles. The number of ether oxygens (including phenoxy) is 1. The van der Waals surface area contributed by atoms with Gasteiger partial charge in [-0.1, -0.05) is 23.4 Å². The summed E-state index contributed by atoms with van der Waals surface area (Å²) in [6.07, 6.45) is 0. The van der Waals surface area contributed by atoms with Gasteiger partial charge in [0.2, 0.25) is 5.91 Å². The van der Waals surface area contributed by atoms with Crippen molar-refractivity contribution < 1.29 is 9.53 Å². The van der Waals surface area contributed by atoms with E-state index in [-0.39, 0.29) is 17.8 Å². The highest BCUT2D eigenvalue weighted by atomic mass is 35.5. The highest BCUT2D eigenvalue weighted by Crippen LogP contribution is 2.25. The van der Waals surface area contributed by atoms with E-state index in [1.807, 2.05) is 39.4 Å². The molecule has 2 heterocycles. The summed E-state index contributed by atoms with van der Waals surface area (Å²) in [6, 6.07) is 7.12. The third-order valence-electron chi connectivity index (χ3n) is 4.52. The topological polar surface area (TPSA) is 86.9 Å². The Kier molecular flexibility index (Phi) is 6.49. The van der Waals surface area contributed by atoms with Crippen LogP contribution in [0.3, 0.4) is 0 Å². The molecule has 0 saturated heterocycles. The fraction of sp³-hybridized carbons (Fsp3) is 0.368. The van der Waals surface area contributed by atoms with Crippen molar-refractivity contribution in [3.05, 3.63) is 46.5 Å². The molecule has 3 aromatic rings. The highest BCUT2D eigenvalue weighted by molar-refractivity contribution is 8.00. The van der Waals surface area contributed by atoms with Crippen LogP contribution in [0.1, 0.15) is 24.1 Å². The Hall–Kier alpha value is -2.52. The zero-order chi connectivity index (χ0) is 21.1. The Morgan fingerprint density at radius 1 is 1.24 bits per heavy atom. The van der Waals surface area contributed by atoms with Crippen molar-refractivity contribution in [2.24, 2.45) is 14.1 Å². The largest absolute Gasteiger partial charge is 0.486 e. The van der Waals surface area contributed by atoms with Gasteiger partial charge in [0.05, 0.1) is 22.3 Å². The maximum Gasteiger partial charge on any atom is 0.237 e. The predicted molar refractivity (Wildman–Crippen MR) is 113 cm³/mol. The molecular formula is C19H23ClN6O2S. The molecule has 0 aliphatic heterocycles. The average Bonchev–Trinajstić information content (AvgIpc) is 3.15. The zero-order valence-electron chi connectivity index (χ0n) is 16.9. The molecule has 0 saturated carbocycles. The van der Waals surface area contributed by atoms with E-state index in [1.54, 1.807) is 28.9 Å². The Morgan fingerprint density at radius 2 is 1.93 bits per heavy atom. The number of carbonyl (C=O) groups is 1.